The van der Waals surface area contributed by atoms with E-state index in [9.17, 15) is 9.59 Å². The van der Waals surface area contributed by atoms with Gasteiger partial charge in [0.2, 0.25) is 0 Å². The Morgan fingerprint density at radius 1 is 1.38 bits per heavy atom. The number of halogens is 1. The van der Waals surface area contributed by atoms with E-state index >= 15 is 0 Å². The fourth-order valence-electron chi connectivity index (χ4n) is 2.83. The molecule has 2 aliphatic heterocycles. The molecular weight excluding hydrogens is 292 g/mol. The van der Waals surface area contributed by atoms with Crippen LogP contribution >= 0.6 is 11.6 Å². The molecule has 2 heterocycles. The standard InChI is InChI=1S/C15H17ClN2O3/c1-15(10-4-6-11(16)7-5-10)13(19)18(14(20)17-15)9-12-3-2-8-21-12/h4-7,12H,2-3,8-9H2,1H3,(H,17,20)/t12-,15+/m0/s1. The van der Waals surface area contributed by atoms with Gasteiger partial charge in [-0.05, 0) is 37.5 Å². The van der Waals surface area contributed by atoms with Gasteiger partial charge in [0.05, 0.1) is 12.6 Å². The summed E-state index contributed by atoms with van der Waals surface area (Å²) in [5, 5.41) is 3.37. The molecule has 2 saturated heterocycles. The van der Waals surface area contributed by atoms with Gasteiger partial charge in [0.25, 0.3) is 5.91 Å². The van der Waals surface area contributed by atoms with E-state index in [1.54, 1.807) is 31.2 Å². The van der Waals surface area contributed by atoms with Crippen LogP contribution in [0.2, 0.25) is 5.02 Å². The van der Waals surface area contributed by atoms with Crippen molar-refractivity contribution in [1.29, 1.82) is 0 Å². The molecule has 3 rings (SSSR count). The molecule has 112 valence electrons. The van der Waals surface area contributed by atoms with Crippen LogP contribution in [-0.2, 0) is 15.1 Å². The molecule has 0 unspecified atom stereocenters. The third kappa shape index (κ3) is 2.51. The van der Waals surface area contributed by atoms with Crippen LogP contribution in [0.1, 0.15) is 25.3 Å². The molecular formula is C15H17ClN2O3. The second kappa shape index (κ2) is 5.31. The average Bonchev–Trinajstić information content (AvgIpc) is 3.03. The number of ether oxygens (including phenoxy) is 1. The number of hydrogen-bond donors (Lipinski definition) is 1. The van der Waals surface area contributed by atoms with Crippen molar-refractivity contribution >= 4 is 23.5 Å². The summed E-state index contributed by atoms with van der Waals surface area (Å²) in [4.78, 5) is 26.1. The summed E-state index contributed by atoms with van der Waals surface area (Å²) < 4.78 is 5.51. The third-order valence-electron chi connectivity index (χ3n) is 4.11. The zero-order chi connectivity index (χ0) is 15.0. The molecule has 1 N–H and O–H groups in total. The van der Waals surface area contributed by atoms with Crippen molar-refractivity contribution in [3.05, 3.63) is 34.9 Å². The number of nitrogens with zero attached hydrogens (tertiary/aromatic N) is 1. The van der Waals surface area contributed by atoms with E-state index < -0.39 is 5.54 Å². The van der Waals surface area contributed by atoms with Gasteiger partial charge in [-0.25, -0.2) is 4.79 Å². The topological polar surface area (TPSA) is 58.6 Å². The number of amides is 3. The molecule has 0 aliphatic carbocycles. The van der Waals surface area contributed by atoms with E-state index in [0.717, 1.165) is 18.4 Å². The number of nitrogens with one attached hydrogen (secondary N) is 1. The number of benzene rings is 1. The van der Waals surface area contributed by atoms with Crippen LogP contribution in [0, 0.1) is 0 Å². The van der Waals surface area contributed by atoms with Crippen LogP contribution in [0.25, 0.3) is 0 Å². The van der Waals surface area contributed by atoms with E-state index in [1.165, 1.54) is 4.90 Å². The first-order valence-electron chi connectivity index (χ1n) is 7.02. The van der Waals surface area contributed by atoms with Crippen LogP contribution < -0.4 is 5.32 Å². The molecule has 6 heteroatoms. The normalized spacial score (nSPS) is 29.0. The smallest absolute Gasteiger partial charge is 0.325 e. The highest BCUT2D eigenvalue weighted by molar-refractivity contribution is 6.30. The largest absolute Gasteiger partial charge is 0.376 e. The Bertz CT molecular complexity index is 569. The van der Waals surface area contributed by atoms with Crippen molar-refractivity contribution in [3.63, 3.8) is 0 Å². The molecule has 0 bridgehead atoms. The van der Waals surface area contributed by atoms with Crippen molar-refractivity contribution in [3.8, 4) is 0 Å². The first-order valence-corrected chi connectivity index (χ1v) is 7.40. The molecule has 3 amide bonds. The highest BCUT2D eigenvalue weighted by Gasteiger charge is 2.49. The summed E-state index contributed by atoms with van der Waals surface area (Å²) in [5.41, 5.74) is -0.319. The van der Waals surface area contributed by atoms with Crippen LogP contribution in [0.15, 0.2) is 24.3 Å². The summed E-state index contributed by atoms with van der Waals surface area (Å²) >= 11 is 5.87. The minimum Gasteiger partial charge on any atom is -0.376 e. The lowest BCUT2D eigenvalue weighted by Gasteiger charge is -2.23. The first-order chi connectivity index (χ1) is 10.0. The molecule has 21 heavy (non-hydrogen) atoms. The fourth-order valence-corrected chi connectivity index (χ4v) is 2.96. The van der Waals surface area contributed by atoms with Gasteiger partial charge in [-0.1, -0.05) is 23.7 Å². The number of urea groups is 1. The van der Waals surface area contributed by atoms with Crippen LogP contribution in [-0.4, -0.2) is 36.1 Å². The van der Waals surface area contributed by atoms with Gasteiger partial charge in [0.15, 0.2) is 0 Å². The fraction of sp³-hybridized carbons (Fsp3) is 0.467. The van der Waals surface area contributed by atoms with Gasteiger partial charge in [0, 0.05) is 11.6 Å². The summed E-state index contributed by atoms with van der Waals surface area (Å²) in [5.74, 6) is -0.245. The monoisotopic (exact) mass is 308 g/mol. The molecule has 2 aliphatic rings. The molecule has 2 atom stereocenters. The molecule has 1 aromatic carbocycles. The second-order valence-electron chi connectivity index (χ2n) is 5.61. The molecule has 0 spiro atoms. The zero-order valence-electron chi connectivity index (χ0n) is 11.8. The van der Waals surface area contributed by atoms with E-state index in [1.807, 2.05) is 0 Å². The molecule has 0 aromatic heterocycles. The van der Waals surface area contributed by atoms with Crippen LogP contribution in [0.5, 0.6) is 0 Å². The highest BCUT2D eigenvalue weighted by Crippen LogP contribution is 2.30. The zero-order valence-corrected chi connectivity index (χ0v) is 12.5. The molecule has 0 radical (unpaired) electrons. The maximum atomic E-state index is 12.7. The number of rotatable bonds is 3. The van der Waals surface area contributed by atoms with Gasteiger partial charge < -0.3 is 10.1 Å². The lowest BCUT2D eigenvalue weighted by atomic mass is 9.92. The van der Waals surface area contributed by atoms with Gasteiger partial charge in [-0.2, -0.15) is 0 Å². The Morgan fingerprint density at radius 3 is 2.71 bits per heavy atom. The Labute approximate surface area is 128 Å². The van der Waals surface area contributed by atoms with Crippen molar-refractivity contribution in [1.82, 2.24) is 10.2 Å². The Morgan fingerprint density at radius 2 is 2.10 bits per heavy atom. The highest BCUT2D eigenvalue weighted by atomic mass is 35.5. The number of imide groups is 1. The molecule has 5 nitrogen and oxygen atoms in total. The maximum absolute atomic E-state index is 12.7. The number of carbonyl (C=O) groups excluding carboxylic acids is 2. The number of hydrogen-bond acceptors (Lipinski definition) is 3. The minimum absolute atomic E-state index is 0.0488. The van der Waals surface area contributed by atoms with Crippen molar-refractivity contribution < 1.29 is 14.3 Å². The lowest BCUT2D eigenvalue weighted by Crippen LogP contribution is -2.41. The summed E-state index contributed by atoms with van der Waals surface area (Å²) in [7, 11) is 0. The quantitative estimate of drug-likeness (QED) is 0.872. The Balaban J connectivity index is 1.82. The lowest BCUT2D eigenvalue weighted by molar-refractivity contribution is -0.132. The maximum Gasteiger partial charge on any atom is 0.325 e. The van der Waals surface area contributed by atoms with E-state index in [2.05, 4.69) is 5.32 Å². The summed E-state index contributed by atoms with van der Waals surface area (Å²) in [6.07, 6.45) is 1.81. The van der Waals surface area contributed by atoms with Crippen molar-refractivity contribution in [2.45, 2.75) is 31.4 Å². The van der Waals surface area contributed by atoms with Crippen molar-refractivity contribution in [2.75, 3.05) is 13.2 Å². The molecule has 2 fully saturated rings. The Kier molecular flexibility index (Phi) is 3.63. The predicted molar refractivity (Wildman–Crippen MR) is 78.0 cm³/mol. The third-order valence-corrected chi connectivity index (χ3v) is 4.36. The van der Waals surface area contributed by atoms with Gasteiger partial charge in [-0.3, -0.25) is 9.69 Å². The predicted octanol–water partition coefficient (Wildman–Crippen LogP) is 2.29. The summed E-state index contributed by atoms with van der Waals surface area (Å²) in [6.45, 7) is 2.72. The summed E-state index contributed by atoms with van der Waals surface area (Å²) in [6, 6.07) is 6.58. The molecule has 0 saturated carbocycles. The molecule has 1 aromatic rings. The number of carbonyl (C=O) groups is 2. The first kappa shape index (κ1) is 14.4. The van der Waals surface area contributed by atoms with E-state index in [-0.39, 0.29) is 18.0 Å². The van der Waals surface area contributed by atoms with Crippen molar-refractivity contribution in [2.24, 2.45) is 0 Å². The average molecular weight is 309 g/mol. The van der Waals surface area contributed by atoms with Gasteiger partial charge >= 0.3 is 6.03 Å². The van der Waals surface area contributed by atoms with E-state index in [0.29, 0.717) is 18.2 Å². The minimum atomic E-state index is -1.04. The van der Waals surface area contributed by atoms with Crippen LogP contribution in [0.4, 0.5) is 4.79 Å². The Hall–Kier alpha value is -1.59. The SMILES string of the molecule is C[C@]1(c2ccc(Cl)cc2)NC(=O)N(C[C@@H]2CCCO2)C1=O. The van der Waals surface area contributed by atoms with E-state index in [4.69, 9.17) is 16.3 Å². The van der Waals surface area contributed by atoms with Gasteiger partial charge in [0.1, 0.15) is 5.54 Å². The second-order valence-corrected chi connectivity index (χ2v) is 6.05. The van der Waals surface area contributed by atoms with Gasteiger partial charge in [-0.15, -0.1) is 0 Å². The van der Waals surface area contributed by atoms with Crippen LogP contribution in [0.3, 0.4) is 0 Å².